The summed E-state index contributed by atoms with van der Waals surface area (Å²) >= 11 is 0. The smallest absolute Gasteiger partial charge is 0.306 e. The highest BCUT2D eigenvalue weighted by Gasteiger charge is 2.19. The van der Waals surface area contributed by atoms with E-state index in [9.17, 15) is 14.4 Å². The lowest BCUT2D eigenvalue weighted by Gasteiger charge is -2.18. The van der Waals surface area contributed by atoms with Crippen LogP contribution in [0.3, 0.4) is 0 Å². The number of hydrogen-bond donors (Lipinski definition) is 0. The summed E-state index contributed by atoms with van der Waals surface area (Å²) in [6.45, 7) is 6.50. The minimum atomic E-state index is -0.762. The topological polar surface area (TPSA) is 78.9 Å². The van der Waals surface area contributed by atoms with Gasteiger partial charge in [0, 0.05) is 19.3 Å². The fourth-order valence-corrected chi connectivity index (χ4v) is 9.02. The molecule has 0 aliphatic rings. The molecule has 0 aromatic carbocycles. The summed E-state index contributed by atoms with van der Waals surface area (Å²) < 4.78 is 16.7. The molecule has 408 valence electrons. The van der Waals surface area contributed by atoms with Crippen molar-refractivity contribution in [3.8, 4) is 0 Å². The predicted octanol–water partition coefficient (Wildman–Crippen LogP) is 20.6. The van der Waals surface area contributed by atoms with Crippen molar-refractivity contribution in [1.29, 1.82) is 0 Å². The minimum absolute atomic E-state index is 0.0663. The lowest BCUT2D eigenvalue weighted by molar-refractivity contribution is -0.167. The maximum absolute atomic E-state index is 12.7. The van der Waals surface area contributed by atoms with Crippen molar-refractivity contribution >= 4 is 17.9 Å². The second kappa shape index (κ2) is 58.9. The minimum Gasteiger partial charge on any atom is -0.462 e. The summed E-state index contributed by atoms with van der Waals surface area (Å²) in [5.74, 6) is -0.859. The maximum atomic E-state index is 12.7. The number of rotatable bonds is 56. The zero-order chi connectivity index (χ0) is 50.7. The molecule has 70 heavy (non-hydrogen) atoms. The summed E-state index contributed by atoms with van der Waals surface area (Å²) in [7, 11) is 0. The Morgan fingerprint density at radius 1 is 0.300 bits per heavy atom. The maximum Gasteiger partial charge on any atom is 0.306 e. The first-order valence-corrected chi connectivity index (χ1v) is 30.6. The van der Waals surface area contributed by atoms with Gasteiger partial charge in [0.2, 0.25) is 0 Å². The van der Waals surface area contributed by atoms with Crippen LogP contribution in [0.1, 0.15) is 323 Å². The summed E-state index contributed by atoms with van der Waals surface area (Å²) in [6, 6.07) is 0. The van der Waals surface area contributed by atoms with Gasteiger partial charge in [-0.3, -0.25) is 14.4 Å². The number of hydrogen-bond acceptors (Lipinski definition) is 6. The van der Waals surface area contributed by atoms with E-state index in [-0.39, 0.29) is 31.1 Å². The SMILES string of the molecule is CC/C=C\C/C=C\C/C=C\C/C=C\CCCCCCCCCCCCCCCCCCCCCCCCC(=O)OCC(COC(=O)CCCCCCCCC)OC(=O)CCCCCCCCCCCC. The van der Waals surface area contributed by atoms with E-state index in [4.69, 9.17) is 14.2 Å². The van der Waals surface area contributed by atoms with Crippen LogP contribution in [0.5, 0.6) is 0 Å². The van der Waals surface area contributed by atoms with Crippen LogP contribution in [0.25, 0.3) is 0 Å². The molecule has 1 atom stereocenters. The number of ether oxygens (including phenoxy) is 3. The third-order valence-corrected chi connectivity index (χ3v) is 13.6. The van der Waals surface area contributed by atoms with Crippen LogP contribution in [0.4, 0.5) is 0 Å². The van der Waals surface area contributed by atoms with Gasteiger partial charge in [0.15, 0.2) is 6.10 Å². The largest absolute Gasteiger partial charge is 0.462 e. The van der Waals surface area contributed by atoms with Gasteiger partial charge < -0.3 is 14.2 Å². The van der Waals surface area contributed by atoms with E-state index in [1.807, 2.05) is 0 Å². The molecule has 0 saturated heterocycles. The van der Waals surface area contributed by atoms with E-state index in [0.29, 0.717) is 19.3 Å². The number of carbonyl (C=O) groups is 3. The molecule has 0 amide bonds. The number of allylic oxidation sites excluding steroid dienone is 8. The Morgan fingerprint density at radius 3 is 0.871 bits per heavy atom. The fourth-order valence-electron chi connectivity index (χ4n) is 9.02. The Balaban J connectivity index is 3.85. The van der Waals surface area contributed by atoms with Crippen molar-refractivity contribution in [1.82, 2.24) is 0 Å². The highest BCUT2D eigenvalue weighted by molar-refractivity contribution is 5.71. The van der Waals surface area contributed by atoms with Gasteiger partial charge >= 0.3 is 17.9 Å². The molecule has 0 bridgehead atoms. The fraction of sp³-hybridized carbons (Fsp3) is 0.828. The average Bonchev–Trinajstić information content (AvgIpc) is 3.36. The van der Waals surface area contributed by atoms with Crippen LogP contribution in [0.15, 0.2) is 48.6 Å². The highest BCUT2D eigenvalue weighted by Crippen LogP contribution is 2.17. The van der Waals surface area contributed by atoms with Crippen LogP contribution >= 0.6 is 0 Å². The van der Waals surface area contributed by atoms with Crippen LogP contribution in [0, 0.1) is 0 Å². The average molecular weight is 982 g/mol. The highest BCUT2D eigenvalue weighted by atomic mass is 16.6. The molecule has 1 unspecified atom stereocenters. The first-order valence-electron chi connectivity index (χ1n) is 30.6. The molecule has 0 spiro atoms. The normalized spacial score (nSPS) is 12.3. The predicted molar refractivity (Wildman–Crippen MR) is 302 cm³/mol. The Morgan fingerprint density at radius 2 is 0.557 bits per heavy atom. The molecule has 6 nitrogen and oxygen atoms in total. The Kier molecular flexibility index (Phi) is 56.7. The van der Waals surface area contributed by atoms with Gasteiger partial charge in [-0.2, -0.15) is 0 Å². The molecule has 0 radical (unpaired) electrons. The van der Waals surface area contributed by atoms with Gasteiger partial charge in [-0.15, -0.1) is 0 Å². The van der Waals surface area contributed by atoms with E-state index in [1.165, 1.54) is 199 Å². The molecular weight excluding hydrogens is 865 g/mol. The van der Waals surface area contributed by atoms with E-state index in [0.717, 1.165) is 83.5 Å². The van der Waals surface area contributed by atoms with Crippen molar-refractivity contribution in [3.63, 3.8) is 0 Å². The molecule has 0 fully saturated rings. The second-order valence-electron chi connectivity index (χ2n) is 20.6. The van der Waals surface area contributed by atoms with Crippen molar-refractivity contribution in [3.05, 3.63) is 48.6 Å². The van der Waals surface area contributed by atoms with E-state index in [2.05, 4.69) is 69.4 Å². The molecular formula is C64H116O6. The van der Waals surface area contributed by atoms with E-state index >= 15 is 0 Å². The van der Waals surface area contributed by atoms with Gasteiger partial charge in [0.1, 0.15) is 13.2 Å². The second-order valence-corrected chi connectivity index (χ2v) is 20.6. The van der Waals surface area contributed by atoms with Crippen molar-refractivity contribution < 1.29 is 28.6 Å². The molecule has 0 aliphatic heterocycles. The van der Waals surface area contributed by atoms with E-state index < -0.39 is 6.10 Å². The van der Waals surface area contributed by atoms with Crippen LogP contribution in [0.2, 0.25) is 0 Å². The third kappa shape index (κ3) is 56.3. The Labute approximate surface area is 435 Å². The molecule has 0 rings (SSSR count). The zero-order valence-electron chi connectivity index (χ0n) is 46.8. The Bertz CT molecular complexity index is 1220. The van der Waals surface area contributed by atoms with Crippen molar-refractivity contribution in [2.24, 2.45) is 0 Å². The Hall–Kier alpha value is -2.63. The van der Waals surface area contributed by atoms with Crippen molar-refractivity contribution in [2.75, 3.05) is 13.2 Å². The van der Waals surface area contributed by atoms with Gasteiger partial charge in [-0.05, 0) is 57.8 Å². The lowest BCUT2D eigenvalue weighted by atomic mass is 10.0. The van der Waals surface area contributed by atoms with Crippen LogP contribution < -0.4 is 0 Å². The number of carbonyl (C=O) groups excluding carboxylic acids is 3. The van der Waals surface area contributed by atoms with Crippen LogP contribution in [-0.4, -0.2) is 37.2 Å². The first-order chi connectivity index (χ1) is 34.5. The number of unbranched alkanes of at least 4 members (excludes halogenated alkanes) is 37. The summed E-state index contributed by atoms with van der Waals surface area (Å²) in [6.07, 6.45) is 73.1. The molecule has 0 aromatic rings. The molecule has 0 N–H and O–H groups in total. The van der Waals surface area contributed by atoms with Gasteiger partial charge in [0.05, 0.1) is 0 Å². The lowest BCUT2D eigenvalue weighted by Crippen LogP contribution is -2.30. The summed E-state index contributed by atoms with van der Waals surface area (Å²) in [5, 5.41) is 0. The van der Waals surface area contributed by atoms with Crippen molar-refractivity contribution in [2.45, 2.75) is 329 Å². The van der Waals surface area contributed by atoms with Gasteiger partial charge in [-0.1, -0.05) is 294 Å². The molecule has 6 heteroatoms. The summed E-state index contributed by atoms with van der Waals surface area (Å²) in [4.78, 5) is 37.8. The van der Waals surface area contributed by atoms with Gasteiger partial charge in [0.25, 0.3) is 0 Å². The first kappa shape index (κ1) is 67.4. The standard InChI is InChI=1S/C64H116O6/c1-4-7-10-13-16-18-20-21-22-23-24-25-26-27-28-29-30-31-32-33-34-35-36-37-38-39-40-41-42-43-44-46-48-51-54-57-63(66)69-60-61(59-68-62(65)56-53-50-47-15-12-9-6-3)70-64(67)58-55-52-49-45-19-17-14-11-8-5-2/h7,10,16,18,21-22,24-25,61H,4-6,8-9,11-15,17,19-20,23,26-60H2,1-3H3/b10-7-,18-16-,22-21-,25-24-. The molecule has 0 heterocycles. The zero-order valence-corrected chi connectivity index (χ0v) is 46.8. The van der Waals surface area contributed by atoms with E-state index in [1.54, 1.807) is 0 Å². The quantitative estimate of drug-likeness (QED) is 0.0261. The molecule has 0 aliphatic carbocycles. The number of esters is 3. The summed E-state index contributed by atoms with van der Waals surface area (Å²) in [5.41, 5.74) is 0. The monoisotopic (exact) mass is 981 g/mol. The van der Waals surface area contributed by atoms with Crippen LogP contribution in [-0.2, 0) is 28.6 Å². The molecule has 0 saturated carbocycles. The third-order valence-electron chi connectivity index (χ3n) is 13.6. The van der Waals surface area contributed by atoms with Gasteiger partial charge in [-0.25, -0.2) is 0 Å². The molecule has 0 aromatic heterocycles.